The van der Waals surface area contributed by atoms with Crippen LogP contribution in [0.4, 0.5) is 5.82 Å². The summed E-state index contributed by atoms with van der Waals surface area (Å²) in [4.78, 5) is 20.9. The Kier molecular flexibility index (Phi) is 4.19. The lowest BCUT2D eigenvalue weighted by Crippen LogP contribution is -2.37. The Morgan fingerprint density at radius 1 is 1.28 bits per heavy atom. The average molecular weight is 336 g/mol. The van der Waals surface area contributed by atoms with Crippen LogP contribution >= 0.6 is 0 Å². The first kappa shape index (κ1) is 15.8. The van der Waals surface area contributed by atoms with Gasteiger partial charge in [-0.3, -0.25) is 4.79 Å². The van der Waals surface area contributed by atoms with Crippen molar-refractivity contribution in [3.05, 3.63) is 42.4 Å². The molecule has 0 bridgehead atoms. The van der Waals surface area contributed by atoms with Crippen LogP contribution in [0, 0.1) is 12.8 Å². The van der Waals surface area contributed by atoms with E-state index in [9.17, 15) is 4.79 Å². The van der Waals surface area contributed by atoms with Crippen LogP contribution < -0.4 is 10.6 Å². The van der Waals surface area contributed by atoms with E-state index in [-0.39, 0.29) is 11.8 Å². The van der Waals surface area contributed by atoms with E-state index in [4.69, 9.17) is 4.42 Å². The van der Waals surface area contributed by atoms with Gasteiger partial charge in [-0.2, -0.15) is 0 Å². The Hall–Kier alpha value is -2.73. The maximum absolute atomic E-state index is 12.3. The first-order chi connectivity index (χ1) is 12.2. The second-order valence-electron chi connectivity index (χ2n) is 6.38. The fourth-order valence-electron chi connectivity index (χ4n) is 3.16. The van der Waals surface area contributed by atoms with Crippen molar-refractivity contribution in [2.45, 2.75) is 19.8 Å². The highest BCUT2D eigenvalue weighted by molar-refractivity contribution is 5.92. The molecule has 1 saturated heterocycles. The summed E-state index contributed by atoms with van der Waals surface area (Å²) < 4.78 is 5.58. The first-order valence-corrected chi connectivity index (χ1v) is 8.54. The van der Waals surface area contributed by atoms with E-state index in [1.807, 2.05) is 37.3 Å². The largest absolute Gasteiger partial charge is 0.441 e. The number of carbonyl (C=O) groups is 1. The van der Waals surface area contributed by atoms with E-state index >= 15 is 0 Å². The molecule has 3 aromatic rings. The molecule has 1 unspecified atom stereocenters. The monoisotopic (exact) mass is 336 g/mol. The predicted molar refractivity (Wildman–Crippen MR) is 96.2 cm³/mol. The van der Waals surface area contributed by atoms with Crippen molar-refractivity contribution in [3.63, 3.8) is 0 Å². The second-order valence-corrected chi connectivity index (χ2v) is 6.38. The van der Waals surface area contributed by atoms with Gasteiger partial charge in [0.1, 0.15) is 11.3 Å². The summed E-state index contributed by atoms with van der Waals surface area (Å²) in [6.45, 7) is 3.56. The van der Waals surface area contributed by atoms with E-state index in [1.165, 1.54) is 0 Å². The number of aromatic nitrogens is 2. The van der Waals surface area contributed by atoms with Crippen molar-refractivity contribution in [2.75, 3.05) is 18.4 Å². The minimum absolute atomic E-state index is 0.0207. The van der Waals surface area contributed by atoms with Crippen molar-refractivity contribution in [1.82, 2.24) is 15.3 Å². The van der Waals surface area contributed by atoms with Gasteiger partial charge in [0.15, 0.2) is 11.5 Å². The number of nitrogens with one attached hydrogen (secondary N) is 2. The second kappa shape index (κ2) is 6.64. The normalized spacial score (nSPS) is 17.6. The molecular formula is C19H20N4O2. The molecule has 3 heterocycles. The van der Waals surface area contributed by atoms with Crippen LogP contribution in [0.15, 0.2) is 40.9 Å². The number of aryl methyl sites for hydroxylation is 1. The zero-order chi connectivity index (χ0) is 17.2. The SMILES string of the molecule is Cc1nc2ccc(-c3ccc(NC(=O)C4CCCNC4)nc3)cc2o1. The molecule has 1 atom stereocenters. The first-order valence-electron chi connectivity index (χ1n) is 8.54. The summed E-state index contributed by atoms with van der Waals surface area (Å²) in [6.07, 6.45) is 3.72. The molecule has 1 aliphatic heterocycles. The van der Waals surface area contributed by atoms with Crippen LogP contribution in [0.5, 0.6) is 0 Å². The number of anilines is 1. The highest BCUT2D eigenvalue weighted by Gasteiger charge is 2.21. The third-order valence-corrected chi connectivity index (χ3v) is 4.51. The van der Waals surface area contributed by atoms with E-state index in [2.05, 4.69) is 20.6 Å². The lowest BCUT2D eigenvalue weighted by atomic mass is 9.99. The molecule has 2 aromatic heterocycles. The lowest BCUT2D eigenvalue weighted by Gasteiger charge is -2.21. The number of nitrogens with zero attached hydrogens (tertiary/aromatic N) is 2. The fourth-order valence-corrected chi connectivity index (χ4v) is 3.16. The van der Waals surface area contributed by atoms with Crippen LogP contribution in [0.2, 0.25) is 0 Å². The minimum Gasteiger partial charge on any atom is -0.441 e. The molecule has 1 aromatic carbocycles. The fraction of sp³-hybridized carbons (Fsp3) is 0.316. The molecule has 25 heavy (non-hydrogen) atoms. The number of amides is 1. The number of carbonyl (C=O) groups excluding carboxylic acids is 1. The van der Waals surface area contributed by atoms with Crippen molar-refractivity contribution in [3.8, 4) is 11.1 Å². The van der Waals surface area contributed by atoms with E-state index < -0.39 is 0 Å². The van der Waals surface area contributed by atoms with E-state index in [1.54, 1.807) is 6.20 Å². The van der Waals surface area contributed by atoms with Gasteiger partial charge < -0.3 is 15.1 Å². The zero-order valence-corrected chi connectivity index (χ0v) is 14.1. The van der Waals surface area contributed by atoms with Crippen LogP contribution in [-0.4, -0.2) is 29.0 Å². The van der Waals surface area contributed by atoms with Crippen molar-refractivity contribution in [2.24, 2.45) is 5.92 Å². The Morgan fingerprint density at radius 2 is 2.16 bits per heavy atom. The summed E-state index contributed by atoms with van der Waals surface area (Å²) in [5, 5.41) is 6.16. The molecule has 0 radical (unpaired) electrons. The zero-order valence-electron chi connectivity index (χ0n) is 14.1. The summed E-state index contributed by atoms with van der Waals surface area (Å²) in [5.41, 5.74) is 3.58. The quantitative estimate of drug-likeness (QED) is 0.768. The molecule has 4 rings (SSSR count). The summed E-state index contributed by atoms with van der Waals surface area (Å²) in [7, 11) is 0. The number of fused-ring (bicyclic) bond motifs is 1. The van der Waals surface area contributed by atoms with Gasteiger partial charge in [0, 0.05) is 25.2 Å². The van der Waals surface area contributed by atoms with Crippen LogP contribution in [-0.2, 0) is 4.79 Å². The lowest BCUT2D eigenvalue weighted by molar-refractivity contribution is -0.120. The Morgan fingerprint density at radius 3 is 2.92 bits per heavy atom. The Labute approximate surface area is 145 Å². The van der Waals surface area contributed by atoms with Crippen LogP contribution in [0.25, 0.3) is 22.2 Å². The average Bonchev–Trinajstić information content (AvgIpc) is 3.02. The van der Waals surface area contributed by atoms with E-state index in [0.29, 0.717) is 11.7 Å². The van der Waals surface area contributed by atoms with Gasteiger partial charge in [-0.05, 0) is 49.2 Å². The van der Waals surface area contributed by atoms with Gasteiger partial charge >= 0.3 is 0 Å². The molecule has 0 spiro atoms. The third kappa shape index (κ3) is 3.39. The molecule has 0 saturated carbocycles. The number of benzene rings is 1. The summed E-state index contributed by atoms with van der Waals surface area (Å²) in [6, 6.07) is 9.67. The molecule has 6 nitrogen and oxygen atoms in total. The molecule has 2 N–H and O–H groups in total. The van der Waals surface area contributed by atoms with Gasteiger partial charge in [0.05, 0.1) is 5.92 Å². The number of oxazole rings is 1. The summed E-state index contributed by atoms with van der Waals surface area (Å²) >= 11 is 0. The maximum atomic E-state index is 12.3. The minimum atomic E-state index is 0.0207. The Bertz CT molecular complexity index is 895. The molecule has 1 fully saturated rings. The smallest absolute Gasteiger partial charge is 0.229 e. The van der Waals surface area contributed by atoms with Gasteiger partial charge in [0.2, 0.25) is 5.91 Å². The van der Waals surface area contributed by atoms with Gasteiger partial charge in [-0.1, -0.05) is 6.07 Å². The highest BCUT2D eigenvalue weighted by Crippen LogP contribution is 2.25. The number of pyridine rings is 1. The number of hydrogen-bond donors (Lipinski definition) is 2. The van der Waals surface area contributed by atoms with Crippen molar-refractivity contribution < 1.29 is 9.21 Å². The summed E-state index contributed by atoms with van der Waals surface area (Å²) in [5.74, 6) is 1.29. The number of piperidine rings is 1. The topological polar surface area (TPSA) is 80.0 Å². The molecular weight excluding hydrogens is 316 g/mol. The molecule has 1 amide bonds. The molecule has 6 heteroatoms. The van der Waals surface area contributed by atoms with Gasteiger partial charge in [0.25, 0.3) is 0 Å². The third-order valence-electron chi connectivity index (χ3n) is 4.51. The molecule has 1 aliphatic rings. The van der Waals surface area contributed by atoms with Gasteiger partial charge in [-0.25, -0.2) is 9.97 Å². The maximum Gasteiger partial charge on any atom is 0.229 e. The van der Waals surface area contributed by atoms with E-state index in [0.717, 1.165) is 48.2 Å². The van der Waals surface area contributed by atoms with Crippen LogP contribution in [0.3, 0.4) is 0 Å². The number of rotatable bonds is 3. The van der Waals surface area contributed by atoms with Crippen molar-refractivity contribution in [1.29, 1.82) is 0 Å². The predicted octanol–water partition coefficient (Wildman–Crippen LogP) is 3.14. The van der Waals surface area contributed by atoms with Crippen LogP contribution in [0.1, 0.15) is 18.7 Å². The molecule has 0 aliphatic carbocycles. The van der Waals surface area contributed by atoms with Crippen molar-refractivity contribution >= 4 is 22.8 Å². The standard InChI is InChI=1S/C19H20N4O2/c1-12-22-16-6-4-13(9-17(16)25-12)14-5-7-18(21-11-14)23-19(24)15-3-2-8-20-10-15/h4-7,9,11,15,20H,2-3,8,10H2,1H3,(H,21,23,24). The molecule has 128 valence electrons. The van der Waals surface area contributed by atoms with Gasteiger partial charge in [-0.15, -0.1) is 0 Å². The highest BCUT2D eigenvalue weighted by atomic mass is 16.3. The number of hydrogen-bond acceptors (Lipinski definition) is 5. The Balaban J connectivity index is 1.49.